The molecule has 3 aromatic rings. The zero-order chi connectivity index (χ0) is 23.8. The number of sulfonamides is 1. The fourth-order valence-corrected chi connectivity index (χ4v) is 6.41. The Morgan fingerprint density at radius 1 is 1.25 bits per heavy atom. The van der Waals surface area contributed by atoms with Gasteiger partial charge in [-0.2, -0.15) is 0 Å². The van der Waals surface area contributed by atoms with Crippen LogP contribution in [0.15, 0.2) is 31.4 Å². The van der Waals surface area contributed by atoms with Crippen LogP contribution >= 0.6 is 27.3 Å². The smallest absolute Gasteiger partial charge is 0.267 e. The van der Waals surface area contributed by atoms with Gasteiger partial charge in [-0.25, -0.2) is 13.1 Å². The second-order valence-corrected chi connectivity index (χ2v) is 11.0. The van der Waals surface area contributed by atoms with Crippen molar-refractivity contribution in [3.05, 3.63) is 54.8 Å². The van der Waals surface area contributed by atoms with Crippen molar-refractivity contribution in [2.45, 2.75) is 45.4 Å². The van der Waals surface area contributed by atoms with Gasteiger partial charge in [0.1, 0.15) is 14.2 Å². The van der Waals surface area contributed by atoms with Crippen LogP contribution in [0.3, 0.4) is 0 Å². The van der Waals surface area contributed by atoms with E-state index in [1.165, 1.54) is 0 Å². The zero-order valence-corrected chi connectivity index (χ0v) is 21.5. The van der Waals surface area contributed by atoms with Gasteiger partial charge in [-0.1, -0.05) is 29.8 Å². The summed E-state index contributed by atoms with van der Waals surface area (Å²) in [5.41, 5.74) is 4.11. The Bertz CT molecular complexity index is 1280. The number of rotatable bonds is 7. The third-order valence-electron chi connectivity index (χ3n) is 4.96. The molecule has 3 N–H and O–H groups in total. The highest BCUT2D eigenvalue weighted by Gasteiger charge is 2.30. The Kier molecular flexibility index (Phi) is 7.13. The highest BCUT2D eigenvalue weighted by molar-refractivity contribution is 9.10. The second kappa shape index (κ2) is 9.34. The minimum atomic E-state index is -4.13. The van der Waals surface area contributed by atoms with E-state index in [-0.39, 0.29) is 28.2 Å². The molecule has 2 heterocycles. The van der Waals surface area contributed by atoms with Crippen LogP contribution in [-0.2, 0) is 10.0 Å². The SMILES string of the molecule is Cc1cc(C)c(NC(=O)c2scc(C)c2S(=O)(=O)Nc2onc(C)c2Br)c(C(C)CO)c1. The first-order valence-corrected chi connectivity index (χ1v) is 12.9. The molecule has 1 aromatic carbocycles. The van der Waals surface area contributed by atoms with Crippen molar-refractivity contribution in [2.75, 3.05) is 16.6 Å². The lowest BCUT2D eigenvalue weighted by Crippen LogP contribution is -2.20. The molecule has 0 aliphatic rings. The van der Waals surface area contributed by atoms with Crippen LogP contribution in [0.2, 0.25) is 0 Å². The maximum atomic E-state index is 13.2. The highest BCUT2D eigenvalue weighted by atomic mass is 79.9. The topological polar surface area (TPSA) is 122 Å². The van der Waals surface area contributed by atoms with Gasteiger partial charge in [-0.05, 0) is 65.7 Å². The number of nitrogens with zero attached hydrogens (tertiary/aromatic N) is 1. The summed E-state index contributed by atoms with van der Waals surface area (Å²) in [6.07, 6.45) is 0. The lowest BCUT2D eigenvalue weighted by Gasteiger charge is -2.19. The summed E-state index contributed by atoms with van der Waals surface area (Å²) in [6.45, 7) is 8.86. The Labute approximate surface area is 199 Å². The van der Waals surface area contributed by atoms with E-state index in [1.54, 1.807) is 19.2 Å². The molecule has 0 saturated carbocycles. The molecule has 0 spiro atoms. The molecule has 8 nitrogen and oxygen atoms in total. The first kappa shape index (κ1) is 24.4. The number of aliphatic hydroxyl groups is 1. The lowest BCUT2D eigenvalue weighted by atomic mass is 9.95. The number of aryl methyl sites for hydroxylation is 4. The number of benzene rings is 1. The van der Waals surface area contributed by atoms with Crippen molar-refractivity contribution in [2.24, 2.45) is 0 Å². The molecule has 3 rings (SSSR count). The standard InChI is InChI=1S/C21H24BrN3O5S2/c1-10-6-11(2)17(15(7-10)12(3)8-26)23-20(27)18-19(13(4)9-31-18)32(28,29)25-21-16(22)14(5)24-30-21/h6-7,9,12,25-26H,8H2,1-5H3,(H,23,27). The van der Waals surface area contributed by atoms with Crippen LogP contribution in [0.25, 0.3) is 0 Å². The van der Waals surface area contributed by atoms with E-state index in [0.29, 0.717) is 21.4 Å². The van der Waals surface area contributed by atoms with Gasteiger partial charge in [0, 0.05) is 18.2 Å². The molecular weight excluding hydrogens is 518 g/mol. The van der Waals surface area contributed by atoms with Crippen molar-refractivity contribution in [1.82, 2.24) is 5.16 Å². The molecule has 0 aliphatic carbocycles. The molecule has 0 bridgehead atoms. The number of hydrogen-bond acceptors (Lipinski definition) is 7. The Hall–Kier alpha value is -2.21. The van der Waals surface area contributed by atoms with E-state index in [1.807, 2.05) is 32.9 Å². The van der Waals surface area contributed by atoms with Gasteiger partial charge in [0.25, 0.3) is 21.8 Å². The van der Waals surface area contributed by atoms with E-state index in [9.17, 15) is 18.3 Å². The van der Waals surface area contributed by atoms with Crippen molar-refractivity contribution >= 4 is 54.8 Å². The first-order chi connectivity index (χ1) is 15.0. The molecule has 0 radical (unpaired) electrons. The monoisotopic (exact) mass is 541 g/mol. The Morgan fingerprint density at radius 2 is 1.94 bits per heavy atom. The molecule has 2 aromatic heterocycles. The third kappa shape index (κ3) is 4.75. The van der Waals surface area contributed by atoms with E-state index in [0.717, 1.165) is 28.0 Å². The van der Waals surface area contributed by atoms with Crippen molar-refractivity contribution < 1.29 is 22.8 Å². The molecule has 172 valence electrons. The van der Waals surface area contributed by atoms with E-state index >= 15 is 0 Å². The number of thiophene rings is 1. The summed E-state index contributed by atoms with van der Waals surface area (Å²) >= 11 is 4.28. The number of aliphatic hydroxyl groups excluding tert-OH is 1. The molecule has 11 heteroatoms. The summed E-state index contributed by atoms with van der Waals surface area (Å²) < 4.78 is 34.0. The molecule has 0 saturated heterocycles. The van der Waals surface area contributed by atoms with Gasteiger partial charge in [-0.15, -0.1) is 11.3 Å². The van der Waals surface area contributed by atoms with Gasteiger partial charge < -0.3 is 14.9 Å². The quantitative estimate of drug-likeness (QED) is 0.391. The minimum Gasteiger partial charge on any atom is -0.396 e. The van der Waals surface area contributed by atoms with Crippen LogP contribution < -0.4 is 10.0 Å². The van der Waals surface area contributed by atoms with Gasteiger partial charge >= 0.3 is 0 Å². The van der Waals surface area contributed by atoms with E-state index in [2.05, 4.69) is 31.1 Å². The van der Waals surface area contributed by atoms with Crippen LogP contribution in [-0.4, -0.2) is 31.2 Å². The normalized spacial score (nSPS) is 12.6. The maximum Gasteiger partial charge on any atom is 0.267 e. The number of carbonyl (C=O) groups is 1. The second-order valence-electron chi connectivity index (χ2n) is 7.68. The Balaban J connectivity index is 2.00. The van der Waals surface area contributed by atoms with Crippen LogP contribution in [0.5, 0.6) is 0 Å². The first-order valence-electron chi connectivity index (χ1n) is 9.72. The van der Waals surface area contributed by atoms with Gasteiger partial charge in [0.2, 0.25) is 0 Å². The highest BCUT2D eigenvalue weighted by Crippen LogP contribution is 2.34. The van der Waals surface area contributed by atoms with Gasteiger partial charge in [-0.3, -0.25) is 4.79 Å². The summed E-state index contributed by atoms with van der Waals surface area (Å²) in [5, 5.41) is 17.9. The van der Waals surface area contributed by atoms with Gasteiger partial charge in [0.05, 0.1) is 5.69 Å². The number of carbonyl (C=O) groups excluding carboxylic acids is 1. The van der Waals surface area contributed by atoms with Crippen LogP contribution in [0.1, 0.15) is 50.5 Å². The Morgan fingerprint density at radius 3 is 2.53 bits per heavy atom. The fraction of sp³-hybridized carbons (Fsp3) is 0.333. The number of aromatic nitrogens is 1. The number of halogens is 1. The van der Waals surface area contributed by atoms with Crippen LogP contribution in [0, 0.1) is 27.7 Å². The van der Waals surface area contributed by atoms with E-state index < -0.39 is 15.9 Å². The predicted molar refractivity (Wildman–Crippen MR) is 128 cm³/mol. The predicted octanol–water partition coefficient (Wildman–Crippen LogP) is 4.88. The summed E-state index contributed by atoms with van der Waals surface area (Å²) in [6, 6.07) is 3.83. The summed E-state index contributed by atoms with van der Waals surface area (Å²) in [5.74, 6) is -0.812. The summed E-state index contributed by atoms with van der Waals surface area (Å²) in [7, 11) is -4.13. The minimum absolute atomic E-state index is 0.0462. The average molecular weight is 542 g/mol. The van der Waals surface area contributed by atoms with Crippen LogP contribution in [0.4, 0.5) is 11.6 Å². The molecule has 1 unspecified atom stereocenters. The van der Waals surface area contributed by atoms with Crippen molar-refractivity contribution in [1.29, 1.82) is 0 Å². The maximum absolute atomic E-state index is 13.2. The molecule has 0 aliphatic heterocycles. The van der Waals surface area contributed by atoms with Crippen molar-refractivity contribution in [3.63, 3.8) is 0 Å². The third-order valence-corrected chi connectivity index (χ3v) is 8.64. The summed E-state index contributed by atoms with van der Waals surface area (Å²) in [4.78, 5) is 13.1. The number of hydrogen-bond donors (Lipinski definition) is 3. The molecule has 1 amide bonds. The molecule has 32 heavy (non-hydrogen) atoms. The average Bonchev–Trinajstić information content (AvgIpc) is 3.26. The number of nitrogens with one attached hydrogen (secondary N) is 2. The van der Waals surface area contributed by atoms with E-state index in [4.69, 9.17) is 4.52 Å². The van der Waals surface area contributed by atoms with Crippen molar-refractivity contribution in [3.8, 4) is 0 Å². The largest absolute Gasteiger partial charge is 0.396 e. The van der Waals surface area contributed by atoms with Gasteiger partial charge in [0.15, 0.2) is 0 Å². The fourth-order valence-electron chi connectivity index (χ4n) is 3.35. The number of anilines is 2. The molecule has 0 fully saturated rings. The lowest BCUT2D eigenvalue weighted by molar-refractivity contribution is 0.102. The number of amides is 1. The zero-order valence-electron chi connectivity index (χ0n) is 18.2. The molecular formula is C21H24BrN3O5S2. The molecule has 1 atom stereocenters.